The molecule has 0 saturated carbocycles. The molecule has 3 aromatic rings. The molecule has 32 heavy (non-hydrogen) atoms. The van der Waals surface area contributed by atoms with Crippen LogP contribution in [0.3, 0.4) is 0 Å². The van der Waals surface area contributed by atoms with E-state index in [1.807, 2.05) is 54.0 Å². The Balaban J connectivity index is 1.70. The molecule has 1 unspecified atom stereocenters. The Morgan fingerprint density at radius 3 is 2.69 bits per heavy atom. The summed E-state index contributed by atoms with van der Waals surface area (Å²) < 4.78 is 7.43. The van der Waals surface area contributed by atoms with Crippen LogP contribution in [0, 0.1) is 0 Å². The van der Waals surface area contributed by atoms with Crippen LogP contribution in [0.1, 0.15) is 13.8 Å². The molecule has 1 atom stereocenters. The first-order valence-corrected chi connectivity index (χ1v) is 11.4. The van der Waals surface area contributed by atoms with Crippen LogP contribution in [0.5, 0.6) is 5.75 Å². The maximum Gasteiger partial charge on any atom is 0.324 e. The zero-order valence-electron chi connectivity index (χ0n) is 17.6. The maximum absolute atomic E-state index is 12.8. The number of halogens is 1. The number of carbonyl (C=O) groups is 2. The first kappa shape index (κ1) is 22.2. The number of carbonyl (C=O) groups excluding carboxylic acids is 2. The Hall–Kier alpha value is -3.04. The summed E-state index contributed by atoms with van der Waals surface area (Å²) in [6.45, 7) is 5.09. The van der Waals surface area contributed by atoms with Gasteiger partial charge in [-0.1, -0.05) is 35.5 Å². The number of hydrogen-bond acceptors (Lipinski definition) is 6. The average Bonchev–Trinajstić information content (AvgIpc) is 3.40. The third-order valence-corrected chi connectivity index (χ3v) is 6.14. The summed E-state index contributed by atoms with van der Waals surface area (Å²) in [5.74, 6) is 1.08. The standard InChI is InChI=1S/C22H22ClN5O3S/c1-3-31-18-9-7-17(8-10-18)28-19(15-5-4-6-16(23)13-15)25-26-22(28)32-14(2)20(29)27-12-11-24-21(27)30/h4-10,13-14H,3,11-12H2,1-2H3,(H,24,30). The molecule has 2 heterocycles. The van der Waals surface area contributed by atoms with Crippen molar-refractivity contribution in [2.45, 2.75) is 24.3 Å². The number of ether oxygens (including phenoxy) is 1. The summed E-state index contributed by atoms with van der Waals surface area (Å²) >= 11 is 7.45. The summed E-state index contributed by atoms with van der Waals surface area (Å²) in [5.41, 5.74) is 1.61. The number of aromatic nitrogens is 3. The number of rotatable bonds is 7. The van der Waals surface area contributed by atoms with Crippen molar-refractivity contribution in [3.8, 4) is 22.8 Å². The molecule has 2 aromatic carbocycles. The van der Waals surface area contributed by atoms with Crippen molar-refractivity contribution in [1.82, 2.24) is 25.0 Å². The van der Waals surface area contributed by atoms with Crippen LogP contribution < -0.4 is 10.1 Å². The Morgan fingerprint density at radius 1 is 1.25 bits per heavy atom. The first-order valence-electron chi connectivity index (χ1n) is 10.2. The predicted octanol–water partition coefficient (Wildman–Crippen LogP) is 4.02. The molecule has 0 radical (unpaired) electrons. The second-order valence-corrected chi connectivity index (χ2v) is 8.81. The quantitative estimate of drug-likeness (QED) is 0.523. The molecule has 1 aliphatic rings. The van der Waals surface area contributed by atoms with E-state index >= 15 is 0 Å². The summed E-state index contributed by atoms with van der Waals surface area (Å²) in [7, 11) is 0. The lowest BCUT2D eigenvalue weighted by Gasteiger charge is -2.18. The van der Waals surface area contributed by atoms with Crippen LogP contribution in [-0.4, -0.2) is 56.5 Å². The van der Waals surface area contributed by atoms with Crippen LogP contribution in [0.15, 0.2) is 53.7 Å². The van der Waals surface area contributed by atoms with Crippen molar-refractivity contribution >= 4 is 35.3 Å². The highest BCUT2D eigenvalue weighted by atomic mass is 35.5. The van der Waals surface area contributed by atoms with Crippen LogP contribution >= 0.6 is 23.4 Å². The lowest BCUT2D eigenvalue weighted by molar-refractivity contribution is -0.126. The van der Waals surface area contributed by atoms with Crippen molar-refractivity contribution in [3.63, 3.8) is 0 Å². The van der Waals surface area contributed by atoms with E-state index in [1.165, 1.54) is 16.7 Å². The molecule has 0 bridgehead atoms. The van der Waals surface area contributed by atoms with E-state index in [0.717, 1.165) is 17.0 Å². The topological polar surface area (TPSA) is 89.4 Å². The summed E-state index contributed by atoms with van der Waals surface area (Å²) in [5, 5.41) is 12.0. The van der Waals surface area contributed by atoms with E-state index in [4.69, 9.17) is 16.3 Å². The summed E-state index contributed by atoms with van der Waals surface area (Å²) in [6, 6.07) is 14.6. The fourth-order valence-electron chi connectivity index (χ4n) is 3.36. The average molecular weight is 472 g/mol. The zero-order valence-corrected chi connectivity index (χ0v) is 19.2. The number of nitrogens with one attached hydrogen (secondary N) is 1. The molecular formula is C22H22ClN5O3S. The number of thioether (sulfide) groups is 1. The van der Waals surface area contributed by atoms with Gasteiger partial charge in [0.2, 0.25) is 5.91 Å². The van der Waals surface area contributed by atoms with Crippen LogP contribution in [0.4, 0.5) is 4.79 Å². The number of amides is 3. The number of nitrogens with zero attached hydrogens (tertiary/aromatic N) is 4. The zero-order chi connectivity index (χ0) is 22.7. The minimum absolute atomic E-state index is 0.268. The molecule has 1 aromatic heterocycles. The lowest BCUT2D eigenvalue weighted by atomic mass is 10.2. The third kappa shape index (κ3) is 4.58. The lowest BCUT2D eigenvalue weighted by Crippen LogP contribution is -2.39. The van der Waals surface area contributed by atoms with Crippen molar-refractivity contribution in [2.24, 2.45) is 0 Å². The van der Waals surface area contributed by atoms with Gasteiger partial charge in [-0.25, -0.2) is 4.79 Å². The highest BCUT2D eigenvalue weighted by Crippen LogP contribution is 2.32. The molecule has 4 rings (SSSR count). The number of hydrogen-bond donors (Lipinski definition) is 1. The smallest absolute Gasteiger partial charge is 0.324 e. The highest BCUT2D eigenvalue weighted by molar-refractivity contribution is 8.00. The van der Waals surface area contributed by atoms with Crippen molar-refractivity contribution < 1.29 is 14.3 Å². The Kier molecular flexibility index (Phi) is 6.66. The van der Waals surface area contributed by atoms with E-state index in [0.29, 0.717) is 35.7 Å². The maximum atomic E-state index is 12.8. The van der Waals surface area contributed by atoms with Gasteiger partial charge in [-0.2, -0.15) is 0 Å². The van der Waals surface area contributed by atoms with Gasteiger partial charge in [0, 0.05) is 29.4 Å². The summed E-state index contributed by atoms with van der Waals surface area (Å²) in [6.07, 6.45) is 0. The number of imide groups is 1. The monoisotopic (exact) mass is 471 g/mol. The van der Waals surface area contributed by atoms with Crippen molar-refractivity contribution in [3.05, 3.63) is 53.6 Å². The van der Waals surface area contributed by atoms with Crippen molar-refractivity contribution in [2.75, 3.05) is 19.7 Å². The van der Waals surface area contributed by atoms with Crippen LogP contribution in [-0.2, 0) is 4.79 Å². The van der Waals surface area contributed by atoms with Gasteiger partial charge in [0.15, 0.2) is 11.0 Å². The van der Waals surface area contributed by atoms with E-state index in [2.05, 4.69) is 15.5 Å². The SMILES string of the molecule is CCOc1ccc(-n2c(SC(C)C(=O)N3CCNC3=O)nnc2-c2cccc(Cl)c2)cc1. The molecule has 166 valence electrons. The molecule has 3 amide bonds. The van der Waals surface area contributed by atoms with Gasteiger partial charge in [0.05, 0.1) is 11.9 Å². The Morgan fingerprint density at radius 2 is 2.03 bits per heavy atom. The van der Waals surface area contributed by atoms with Gasteiger partial charge in [-0.3, -0.25) is 14.3 Å². The molecule has 1 saturated heterocycles. The van der Waals surface area contributed by atoms with Crippen LogP contribution in [0.25, 0.3) is 17.1 Å². The Labute approximate surface area is 194 Å². The second-order valence-electron chi connectivity index (χ2n) is 7.06. The predicted molar refractivity (Wildman–Crippen MR) is 123 cm³/mol. The van der Waals surface area contributed by atoms with Crippen molar-refractivity contribution in [1.29, 1.82) is 0 Å². The fraction of sp³-hybridized carbons (Fsp3) is 0.273. The number of urea groups is 1. The molecular weight excluding hydrogens is 450 g/mol. The van der Waals surface area contributed by atoms with Gasteiger partial charge in [0.25, 0.3) is 0 Å². The molecule has 0 aliphatic carbocycles. The summed E-state index contributed by atoms with van der Waals surface area (Å²) in [4.78, 5) is 25.9. The van der Waals surface area contributed by atoms with Gasteiger partial charge in [0.1, 0.15) is 5.75 Å². The van der Waals surface area contributed by atoms with E-state index < -0.39 is 5.25 Å². The highest BCUT2D eigenvalue weighted by Gasteiger charge is 2.31. The minimum atomic E-state index is -0.531. The van der Waals surface area contributed by atoms with Crippen LogP contribution in [0.2, 0.25) is 5.02 Å². The van der Waals surface area contributed by atoms with Gasteiger partial charge >= 0.3 is 6.03 Å². The van der Waals surface area contributed by atoms with E-state index in [-0.39, 0.29) is 11.9 Å². The third-order valence-electron chi connectivity index (χ3n) is 4.87. The van der Waals surface area contributed by atoms with E-state index in [9.17, 15) is 9.59 Å². The molecule has 0 spiro atoms. The molecule has 10 heteroatoms. The number of benzene rings is 2. The Bertz CT molecular complexity index is 1130. The molecule has 8 nitrogen and oxygen atoms in total. The van der Waals surface area contributed by atoms with E-state index in [1.54, 1.807) is 13.0 Å². The van der Waals surface area contributed by atoms with Gasteiger partial charge in [-0.05, 0) is 50.2 Å². The normalized spacial score (nSPS) is 14.3. The van der Waals surface area contributed by atoms with Gasteiger partial charge in [-0.15, -0.1) is 10.2 Å². The largest absolute Gasteiger partial charge is 0.494 e. The molecule has 1 aliphatic heterocycles. The fourth-order valence-corrected chi connectivity index (χ4v) is 4.48. The first-order chi connectivity index (χ1) is 15.5. The second kappa shape index (κ2) is 9.62. The molecule has 1 fully saturated rings. The van der Waals surface area contributed by atoms with Gasteiger partial charge < -0.3 is 10.1 Å². The molecule has 1 N–H and O–H groups in total. The minimum Gasteiger partial charge on any atom is -0.494 e.